The largest absolute Gasteiger partial charge is 0.453 e. The van der Waals surface area contributed by atoms with Crippen LogP contribution in [0.5, 0.6) is 0 Å². The normalized spacial score (nSPS) is 21.6. The highest BCUT2D eigenvalue weighted by atomic mass is 19.1. The number of benzene rings is 2. The van der Waals surface area contributed by atoms with Gasteiger partial charge in [0.2, 0.25) is 0 Å². The quantitative estimate of drug-likeness (QED) is 0.691. The lowest BCUT2D eigenvalue weighted by Crippen LogP contribution is -2.48. The van der Waals surface area contributed by atoms with E-state index in [0.717, 1.165) is 37.3 Å². The summed E-state index contributed by atoms with van der Waals surface area (Å²) in [6.07, 6.45) is -0.254. The number of aryl methyl sites for hydroxylation is 1. The van der Waals surface area contributed by atoms with Crippen molar-refractivity contribution in [1.82, 2.24) is 14.7 Å². The molecule has 33 heavy (non-hydrogen) atoms. The van der Waals surface area contributed by atoms with Crippen LogP contribution in [0.25, 0.3) is 0 Å². The molecule has 2 aliphatic heterocycles. The van der Waals surface area contributed by atoms with E-state index in [1.54, 1.807) is 17.0 Å². The smallest absolute Gasteiger partial charge is 0.409 e. The average Bonchev–Trinajstić information content (AvgIpc) is 3.26. The molecule has 2 aromatic carbocycles. The van der Waals surface area contributed by atoms with Gasteiger partial charge >= 0.3 is 6.09 Å². The number of likely N-dealkylation sites (N-methyl/N-ethyl adjacent to an activating group) is 1. The van der Waals surface area contributed by atoms with E-state index in [-0.39, 0.29) is 11.9 Å². The first-order chi connectivity index (χ1) is 15.9. The molecule has 1 amide bonds. The Morgan fingerprint density at radius 2 is 1.76 bits per heavy atom. The van der Waals surface area contributed by atoms with Gasteiger partial charge in [-0.05, 0) is 50.3 Å². The van der Waals surface area contributed by atoms with Crippen LogP contribution in [0.2, 0.25) is 0 Å². The molecule has 0 aliphatic carbocycles. The summed E-state index contributed by atoms with van der Waals surface area (Å²) < 4.78 is 19.3. The van der Waals surface area contributed by atoms with Crippen molar-refractivity contribution in [2.24, 2.45) is 0 Å². The van der Waals surface area contributed by atoms with Crippen molar-refractivity contribution >= 4 is 11.8 Å². The number of hydrogen-bond donors (Lipinski definition) is 0. The lowest BCUT2D eigenvalue weighted by atomic mass is 9.93. The molecule has 0 spiro atoms. The number of amides is 1. The van der Waals surface area contributed by atoms with Crippen molar-refractivity contribution in [1.29, 1.82) is 0 Å². The van der Waals surface area contributed by atoms with Crippen molar-refractivity contribution in [3.8, 4) is 0 Å². The first kappa shape index (κ1) is 23.5. The number of methoxy groups -OCH3 is 1. The molecule has 0 saturated carbocycles. The maximum atomic E-state index is 14.4. The molecule has 0 radical (unpaired) electrons. The van der Waals surface area contributed by atoms with Crippen LogP contribution in [0.4, 0.5) is 14.9 Å². The van der Waals surface area contributed by atoms with E-state index in [1.165, 1.54) is 18.4 Å². The lowest BCUT2D eigenvalue weighted by Gasteiger charge is -2.35. The predicted octanol–water partition coefficient (Wildman–Crippen LogP) is 3.55. The Balaban J connectivity index is 1.43. The van der Waals surface area contributed by atoms with Crippen molar-refractivity contribution < 1.29 is 13.9 Å². The number of halogens is 1. The second-order valence-corrected chi connectivity index (χ2v) is 9.40. The van der Waals surface area contributed by atoms with Gasteiger partial charge in [0, 0.05) is 69.0 Å². The van der Waals surface area contributed by atoms with Crippen LogP contribution >= 0.6 is 0 Å². The number of ether oxygens (including phenoxy) is 1. The molecular formula is C26H35FN4O2. The van der Waals surface area contributed by atoms with E-state index in [4.69, 9.17) is 4.74 Å². The maximum Gasteiger partial charge on any atom is 0.409 e. The molecule has 2 heterocycles. The number of carbonyl (C=O) groups is 1. The lowest BCUT2D eigenvalue weighted by molar-refractivity contribution is 0.121. The first-order valence-corrected chi connectivity index (χ1v) is 11.7. The zero-order valence-electron chi connectivity index (χ0n) is 20.1. The molecular weight excluding hydrogens is 419 g/mol. The summed E-state index contributed by atoms with van der Waals surface area (Å²) in [7, 11) is 5.69. The second kappa shape index (κ2) is 10.1. The van der Waals surface area contributed by atoms with Gasteiger partial charge in [-0.25, -0.2) is 9.18 Å². The fourth-order valence-corrected chi connectivity index (χ4v) is 5.14. The molecule has 0 aromatic heterocycles. The molecule has 0 unspecified atom stereocenters. The van der Waals surface area contributed by atoms with Crippen molar-refractivity contribution in [2.45, 2.75) is 25.4 Å². The minimum Gasteiger partial charge on any atom is -0.453 e. The van der Waals surface area contributed by atoms with Gasteiger partial charge in [-0.3, -0.25) is 4.90 Å². The summed E-state index contributed by atoms with van der Waals surface area (Å²) in [5, 5.41) is 0. The standard InChI is InChI=1S/C26H35FN4O2/c1-19-6-5-7-24(27)22(19)16-29-17-23(25(18-29)28(2)3)20-8-10-21(11-9-20)30-12-14-31(15-13-30)26(32)33-4/h5-11,23,25H,12-18H2,1-4H3/t23-,25+/m1/s1. The Morgan fingerprint density at radius 3 is 2.36 bits per heavy atom. The highest BCUT2D eigenvalue weighted by Crippen LogP contribution is 2.33. The molecule has 4 rings (SSSR count). The van der Waals surface area contributed by atoms with Gasteiger partial charge in [-0.1, -0.05) is 24.3 Å². The number of nitrogens with zero attached hydrogens (tertiary/aromatic N) is 4. The van der Waals surface area contributed by atoms with E-state index >= 15 is 0 Å². The zero-order chi connectivity index (χ0) is 23.5. The van der Waals surface area contributed by atoms with Gasteiger partial charge in [0.05, 0.1) is 7.11 Å². The fraction of sp³-hybridized carbons (Fsp3) is 0.500. The van der Waals surface area contributed by atoms with Crippen molar-refractivity contribution in [2.75, 3.05) is 65.4 Å². The second-order valence-electron chi connectivity index (χ2n) is 9.40. The zero-order valence-corrected chi connectivity index (χ0v) is 20.1. The maximum absolute atomic E-state index is 14.4. The molecule has 7 heteroatoms. The van der Waals surface area contributed by atoms with Gasteiger partial charge in [0.1, 0.15) is 5.82 Å². The number of piperazine rings is 1. The number of hydrogen-bond acceptors (Lipinski definition) is 5. The minimum absolute atomic E-state index is 0.114. The Morgan fingerprint density at radius 1 is 1.06 bits per heavy atom. The third-order valence-electron chi connectivity index (χ3n) is 7.16. The van der Waals surface area contributed by atoms with Crippen LogP contribution < -0.4 is 4.90 Å². The van der Waals surface area contributed by atoms with Gasteiger partial charge in [-0.15, -0.1) is 0 Å². The summed E-state index contributed by atoms with van der Waals surface area (Å²) in [6.45, 7) is 7.40. The van der Waals surface area contributed by atoms with Crippen molar-refractivity contribution in [3.05, 3.63) is 65.0 Å². The number of likely N-dealkylation sites (tertiary alicyclic amines) is 1. The molecule has 0 bridgehead atoms. The topological polar surface area (TPSA) is 39.3 Å². The summed E-state index contributed by atoms with van der Waals surface area (Å²) in [5.74, 6) is 0.258. The van der Waals surface area contributed by atoms with E-state index in [2.05, 4.69) is 53.1 Å². The average molecular weight is 455 g/mol. The van der Waals surface area contributed by atoms with Crippen LogP contribution in [0.15, 0.2) is 42.5 Å². The Labute approximate surface area is 196 Å². The first-order valence-electron chi connectivity index (χ1n) is 11.7. The molecule has 6 nitrogen and oxygen atoms in total. The molecule has 2 aromatic rings. The molecule has 2 saturated heterocycles. The minimum atomic E-state index is -0.254. The van der Waals surface area contributed by atoms with Crippen LogP contribution in [-0.2, 0) is 11.3 Å². The highest BCUT2D eigenvalue weighted by molar-refractivity contribution is 5.68. The molecule has 178 valence electrons. The summed E-state index contributed by atoms with van der Waals surface area (Å²) in [5.41, 5.74) is 4.31. The van der Waals surface area contributed by atoms with Gasteiger partial charge in [0.15, 0.2) is 0 Å². The summed E-state index contributed by atoms with van der Waals surface area (Å²) >= 11 is 0. The van der Waals surface area contributed by atoms with E-state index in [0.29, 0.717) is 31.6 Å². The Bertz CT molecular complexity index is 937. The van der Waals surface area contributed by atoms with Crippen LogP contribution in [0.3, 0.4) is 0 Å². The predicted molar refractivity (Wildman–Crippen MR) is 129 cm³/mol. The number of rotatable bonds is 5. The molecule has 2 fully saturated rings. The third kappa shape index (κ3) is 5.14. The Kier molecular flexibility index (Phi) is 7.20. The number of anilines is 1. The van der Waals surface area contributed by atoms with E-state index < -0.39 is 0 Å². The molecule has 2 aliphatic rings. The fourth-order valence-electron chi connectivity index (χ4n) is 5.14. The van der Waals surface area contributed by atoms with E-state index in [9.17, 15) is 9.18 Å². The summed E-state index contributed by atoms with van der Waals surface area (Å²) in [4.78, 5) is 20.5. The molecule has 0 N–H and O–H groups in total. The summed E-state index contributed by atoms with van der Waals surface area (Å²) in [6, 6.07) is 14.6. The number of carbonyl (C=O) groups excluding carboxylic acids is 1. The monoisotopic (exact) mass is 454 g/mol. The third-order valence-corrected chi connectivity index (χ3v) is 7.16. The van der Waals surface area contributed by atoms with Crippen molar-refractivity contribution in [3.63, 3.8) is 0 Å². The van der Waals surface area contributed by atoms with Gasteiger partial charge < -0.3 is 19.4 Å². The molecule has 2 atom stereocenters. The highest BCUT2D eigenvalue weighted by Gasteiger charge is 2.35. The van der Waals surface area contributed by atoms with Gasteiger partial charge in [-0.2, -0.15) is 0 Å². The van der Waals surface area contributed by atoms with Crippen LogP contribution in [-0.4, -0.2) is 87.3 Å². The van der Waals surface area contributed by atoms with Gasteiger partial charge in [0.25, 0.3) is 0 Å². The Hall–Kier alpha value is -2.64. The van der Waals surface area contributed by atoms with Crippen LogP contribution in [0.1, 0.15) is 22.6 Å². The van der Waals surface area contributed by atoms with E-state index in [1.807, 2.05) is 13.0 Å². The van der Waals surface area contributed by atoms with Crippen LogP contribution in [0, 0.1) is 12.7 Å². The SMILES string of the molecule is COC(=O)N1CCN(c2ccc([C@H]3CN(Cc4c(C)cccc4F)C[C@@H]3N(C)C)cc2)CC1.